The summed E-state index contributed by atoms with van der Waals surface area (Å²) in [5, 5.41) is 3.02. The molecule has 0 radical (unpaired) electrons. The number of aliphatic imine (C=N–C) groups is 2. The molecule has 2 amide bonds. The van der Waals surface area contributed by atoms with Crippen LogP contribution in [0.5, 0.6) is 0 Å². The third-order valence-electron chi connectivity index (χ3n) is 9.58. The Morgan fingerprint density at radius 2 is 1.77 bits per heavy atom. The van der Waals surface area contributed by atoms with Crippen molar-refractivity contribution in [2.24, 2.45) is 9.98 Å². The first-order valence-electron chi connectivity index (χ1n) is 14.6. The monoisotopic (exact) mass is 543 g/mol. The van der Waals surface area contributed by atoms with Crippen LogP contribution >= 0.6 is 0 Å². The Kier molecular flexibility index (Phi) is 7.31. The topological polar surface area (TPSA) is 60.3 Å². The summed E-state index contributed by atoms with van der Waals surface area (Å²) >= 11 is 0. The number of carbonyl (C=O) groups excluding carboxylic acids is 1. The number of rotatable bonds is 7. The minimum absolute atomic E-state index is 0.196. The van der Waals surface area contributed by atoms with Crippen molar-refractivity contribution in [2.75, 3.05) is 36.9 Å². The van der Waals surface area contributed by atoms with Gasteiger partial charge in [0, 0.05) is 69.3 Å². The second-order valence-corrected chi connectivity index (χ2v) is 11.9. The number of halogens is 1. The predicted molar refractivity (Wildman–Crippen MR) is 159 cm³/mol. The maximum Gasteiger partial charge on any atom is 0.326 e. The SMILES string of the molecule is CC1=NC2=C(CCN=C2)[N+]1(C)C1C[C@H]2CC[C@@H](C1)N2CCCN(C(=O)Nc1ccc(C)cc1)c1ccc(F)cc1. The van der Waals surface area contributed by atoms with Gasteiger partial charge < -0.3 is 5.32 Å². The number of nitrogens with zero attached hydrogens (tertiary/aromatic N) is 5. The number of aryl methyl sites for hydroxylation is 1. The molecule has 4 aliphatic heterocycles. The number of anilines is 2. The molecule has 2 aromatic carbocycles. The molecule has 0 aliphatic carbocycles. The van der Waals surface area contributed by atoms with Gasteiger partial charge in [-0.3, -0.25) is 14.8 Å². The first-order valence-corrected chi connectivity index (χ1v) is 14.6. The van der Waals surface area contributed by atoms with Gasteiger partial charge in [-0.2, -0.15) is 4.99 Å². The molecule has 2 saturated heterocycles. The van der Waals surface area contributed by atoms with Crippen LogP contribution < -0.4 is 10.2 Å². The van der Waals surface area contributed by atoms with Crippen molar-refractivity contribution in [1.29, 1.82) is 0 Å². The molecule has 2 aromatic rings. The summed E-state index contributed by atoms with van der Waals surface area (Å²) in [6.45, 7) is 6.59. The quantitative estimate of drug-likeness (QED) is 0.428. The first-order chi connectivity index (χ1) is 19.3. The number of fused-ring (bicyclic) bond motifs is 2. The highest BCUT2D eigenvalue weighted by atomic mass is 19.1. The highest BCUT2D eigenvalue weighted by molar-refractivity contribution is 6.01. The molecule has 2 bridgehead atoms. The summed E-state index contributed by atoms with van der Waals surface area (Å²) in [4.78, 5) is 27.2. The van der Waals surface area contributed by atoms with Gasteiger partial charge in [0.1, 0.15) is 23.3 Å². The van der Waals surface area contributed by atoms with Gasteiger partial charge in [-0.25, -0.2) is 13.7 Å². The van der Waals surface area contributed by atoms with E-state index in [9.17, 15) is 9.18 Å². The molecule has 4 aliphatic rings. The van der Waals surface area contributed by atoms with E-state index in [4.69, 9.17) is 4.99 Å². The number of carbonyl (C=O) groups is 1. The zero-order valence-electron chi connectivity index (χ0n) is 23.8. The van der Waals surface area contributed by atoms with Gasteiger partial charge >= 0.3 is 6.03 Å². The average molecular weight is 544 g/mol. The molecular weight excluding hydrogens is 503 g/mol. The number of nitrogens with one attached hydrogen (secondary N) is 1. The number of hydrogen-bond acceptors (Lipinski definition) is 4. The molecule has 0 spiro atoms. The molecule has 8 heteroatoms. The van der Waals surface area contributed by atoms with Crippen molar-refractivity contribution < 1.29 is 13.7 Å². The summed E-state index contributed by atoms with van der Waals surface area (Å²) in [7, 11) is 2.37. The van der Waals surface area contributed by atoms with Crippen LogP contribution in [0.1, 0.15) is 51.0 Å². The Labute approximate surface area is 236 Å². The Hall–Kier alpha value is -3.36. The Bertz CT molecular complexity index is 1340. The molecule has 4 heterocycles. The van der Waals surface area contributed by atoms with Crippen molar-refractivity contribution in [3.63, 3.8) is 0 Å². The standard InChI is InChI=1S/C32H39FN6O/c1-22-5-9-25(10-6-22)36-32(40)38(26-11-7-24(33)8-12-26)18-4-17-37-27-13-14-28(37)20-29(19-27)39(3)23(2)35-30-21-34-16-15-31(30)39/h5-12,21,27-29H,4,13-20H2,1-3H3/p+1/t27-,28+,29?,39?. The number of dihydropyridines is 1. The highest BCUT2D eigenvalue weighted by Gasteiger charge is 2.52. The molecule has 2 unspecified atom stereocenters. The number of urea groups is 1. The van der Waals surface area contributed by atoms with Gasteiger partial charge in [0.25, 0.3) is 0 Å². The number of allylic oxidation sites excluding steroid dienone is 1. The lowest BCUT2D eigenvalue weighted by atomic mass is 9.92. The smallest absolute Gasteiger partial charge is 0.308 e. The van der Waals surface area contributed by atoms with Gasteiger partial charge in [0.15, 0.2) is 0 Å². The number of hydrogen-bond donors (Lipinski definition) is 1. The van der Waals surface area contributed by atoms with Gasteiger partial charge in [-0.15, -0.1) is 0 Å². The van der Waals surface area contributed by atoms with E-state index in [1.54, 1.807) is 17.0 Å². The minimum atomic E-state index is -0.305. The van der Waals surface area contributed by atoms with E-state index in [0.29, 0.717) is 30.4 Å². The van der Waals surface area contributed by atoms with Crippen LogP contribution in [0, 0.1) is 12.7 Å². The van der Waals surface area contributed by atoms with Gasteiger partial charge in [-0.1, -0.05) is 17.7 Å². The summed E-state index contributed by atoms with van der Waals surface area (Å²) in [6, 6.07) is 15.5. The second kappa shape index (κ2) is 10.9. The molecule has 6 rings (SSSR count). The highest BCUT2D eigenvalue weighted by Crippen LogP contribution is 2.44. The lowest BCUT2D eigenvalue weighted by Crippen LogP contribution is -2.59. The van der Waals surface area contributed by atoms with Crippen LogP contribution in [-0.2, 0) is 0 Å². The van der Waals surface area contributed by atoms with Crippen molar-refractivity contribution in [3.05, 3.63) is 71.3 Å². The van der Waals surface area contributed by atoms with E-state index >= 15 is 0 Å². The van der Waals surface area contributed by atoms with E-state index in [1.807, 2.05) is 37.4 Å². The largest absolute Gasteiger partial charge is 0.326 e. The molecule has 2 fully saturated rings. The predicted octanol–water partition coefficient (Wildman–Crippen LogP) is 6.12. The molecule has 210 valence electrons. The van der Waals surface area contributed by atoms with Crippen molar-refractivity contribution in [2.45, 2.75) is 70.5 Å². The van der Waals surface area contributed by atoms with Crippen molar-refractivity contribution in [1.82, 2.24) is 4.90 Å². The molecule has 40 heavy (non-hydrogen) atoms. The Balaban J connectivity index is 1.11. The lowest BCUT2D eigenvalue weighted by molar-refractivity contribution is -0.811. The number of quaternary nitrogens is 1. The number of amidine groups is 1. The molecule has 0 aromatic heterocycles. The first kappa shape index (κ1) is 26.8. The fourth-order valence-electron chi connectivity index (χ4n) is 7.29. The summed E-state index contributed by atoms with van der Waals surface area (Å²) < 4.78 is 14.5. The maximum atomic E-state index is 13.7. The van der Waals surface area contributed by atoms with E-state index < -0.39 is 0 Å². The van der Waals surface area contributed by atoms with E-state index in [2.05, 4.69) is 29.2 Å². The third-order valence-corrected chi connectivity index (χ3v) is 9.58. The van der Waals surface area contributed by atoms with Crippen LogP contribution in [-0.4, -0.2) is 72.3 Å². The lowest BCUT2D eigenvalue weighted by Gasteiger charge is -2.46. The normalized spacial score (nSPS) is 27.5. The van der Waals surface area contributed by atoms with Crippen LogP contribution in [0.3, 0.4) is 0 Å². The van der Waals surface area contributed by atoms with E-state index in [1.165, 1.54) is 49.3 Å². The molecular formula is C32H40FN6O+. The van der Waals surface area contributed by atoms with Crippen LogP contribution in [0.4, 0.5) is 20.6 Å². The zero-order valence-corrected chi connectivity index (χ0v) is 23.8. The fourth-order valence-corrected chi connectivity index (χ4v) is 7.29. The van der Waals surface area contributed by atoms with E-state index in [0.717, 1.165) is 47.4 Å². The Morgan fingerprint density at radius 3 is 2.48 bits per heavy atom. The summed E-state index contributed by atoms with van der Waals surface area (Å²) in [5.74, 6) is 0.894. The van der Waals surface area contributed by atoms with Crippen LogP contribution in [0.15, 0.2) is 69.9 Å². The number of benzene rings is 2. The van der Waals surface area contributed by atoms with Gasteiger partial charge in [0.05, 0.1) is 13.3 Å². The molecule has 7 nitrogen and oxygen atoms in total. The fraction of sp³-hybridized carbons (Fsp3) is 0.469. The number of piperidine rings is 1. The van der Waals surface area contributed by atoms with Crippen LogP contribution in [0.2, 0.25) is 0 Å². The van der Waals surface area contributed by atoms with E-state index in [-0.39, 0.29) is 11.8 Å². The van der Waals surface area contributed by atoms with Crippen molar-refractivity contribution >= 4 is 29.5 Å². The maximum absolute atomic E-state index is 13.7. The van der Waals surface area contributed by atoms with Gasteiger partial charge in [0.2, 0.25) is 5.84 Å². The third kappa shape index (κ3) is 4.99. The van der Waals surface area contributed by atoms with Gasteiger partial charge in [-0.05, 0) is 62.6 Å². The molecule has 1 N–H and O–H groups in total. The second-order valence-electron chi connectivity index (χ2n) is 11.9. The molecule has 0 saturated carbocycles. The van der Waals surface area contributed by atoms with Crippen molar-refractivity contribution in [3.8, 4) is 0 Å². The Morgan fingerprint density at radius 1 is 1.07 bits per heavy atom. The molecule has 4 atom stereocenters. The van der Waals surface area contributed by atoms with Crippen LogP contribution in [0.25, 0.3) is 0 Å². The summed E-state index contributed by atoms with van der Waals surface area (Å²) in [5.41, 5.74) is 5.13. The minimum Gasteiger partial charge on any atom is -0.308 e. The zero-order chi connectivity index (χ0) is 27.9. The summed E-state index contributed by atoms with van der Waals surface area (Å²) in [6.07, 6.45) is 8.64. The number of amides is 2. The average Bonchev–Trinajstić information content (AvgIpc) is 3.34.